The molecule has 0 unspecified atom stereocenters. The minimum absolute atomic E-state index is 0.0215. The van der Waals surface area contributed by atoms with Crippen LogP contribution >= 0.6 is 0 Å². The first-order valence-corrected chi connectivity index (χ1v) is 29.2. The monoisotopic (exact) mass is 1160 g/mol. The van der Waals surface area contributed by atoms with E-state index in [1.807, 2.05) is 20.8 Å². The Morgan fingerprint density at radius 3 is 1.55 bits per heavy atom. The van der Waals surface area contributed by atoms with Crippen molar-refractivity contribution < 1.29 is 52.7 Å². The van der Waals surface area contributed by atoms with Gasteiger partial charge in [-0.3, -0.25) is 52.7 Å². The van der Waals surface area contributed by atoms with Crippen molar-refractivity contribution in [1.82, 2.24) is 52.3 Å². The van der Waals surface area contributed by atoms with Gasteiger partial charge in [-0.1, -0.05) is 101 Å². The number of nitrogens with two attached hydrogens (primary N) is 4. The second kappa shape index (κ2) is 36.2. The summed E-state index contributed by atoms with van der Waals surface area (Å²) in [6.07, 6.45) is 6.77. The maximum Gasteiger partial charge on any atom is 0.245 e. The molecule has 0 aromatic heterocycles. The molecular formula is C58H90N14O11. The number of hydrogen-bond acceptors (Lipinski definition) is 14. The summed E-state index contributed by atoms with van der Waals surface area (Å²) in [5.41, 5.74) is 24.4. The summed E-state index contributed by atoms with van der Waals surface area (Å²) in [5, 5.41) is 21.1. The lowest BCUT2D eigenvalue weighted by Gasteiger charge is -2.31. The minimum atomic E-state index is -1.28. The van der Waals surface area contributed by atoms with Gasteiger partial charge in [-0.15, -0.1) is 0 Å². The van der Waals surface area contributed by atoms with Crippen LogP contribution in [0.5, 0.6) is 0 Å². The van der Waals surface area contributed by atoms with Crippen LogP contribution in [0.3, 0.4) is 0 Å². The summed E-state index contributed by atoms with van der Waals surface area (Å²) in [7, 11) is 0. The van der Waals surface area contributed by atoms with Gasteiger partial charge < -0.3 is 75.3 Å². The fraction of sp³-hybridized carbons (Fsp3) is 0.603. The highest BCUT2D eigenvalue weighted by molar-refractivity contribution is 5.98. The van der Waals surface area contributed by atoms with Gasteiger partial charge in [0, 0.05) is 25.9 Å². The maximum atomic E-state index is 14.2. The smallest absolute Gasteiger partial charge is 0.245 e. The third-order valence-corrected chi connectivity index (χ3v) is 14.5. The highest BCUT2D eigenvalue weighted by Crippen LogP contribution is 2.23. The van der Waals surface area contributed by atoms with Gasteiger partial charge in [-0.2, -0.15) is 0 Å². The first-order valence-electron chi connectivity index (χ1n) is 29.2. The molecule has 2 aliphatic rings. The van der Waals surface area contributed by atoms with Gasteiger partial charge in [0.25, 0.3) is 0 Å². The van der Waals surface area contributed by atoms with E-state index in [1.165, 1.54) is 9.80 Å². The molecule has 2 heterocycles. The molecule has 2 aromatic carbocycles. The van der Waals surface area contributed by atoms with Crippen molar-refractivity contribution in [1.29, 1.82) is 0 Å². The Hall–Kier alpha value is -7.51. The van der Waals surface area contributed by atoms with Crippen LogP contribution in [0.2, 0.25) is 0 Å². The number of nitrogens with zero attached hydrogens (tertiary/aromatic N) is 2. The molecule has 0 aliphatic carbocycles. The van der Waals surface area contributed by atoms with Crippen molar-refractivity contribution in [3.8, 4) is 0 Å². The van der Waals surface area contributed by atoms with Crippen LogP contribution in [0, 0.1) is 5.92 Å². The van der Waals surface area contributed by atoms with Crippen molar-refractivity contribution in [2.24, 2.45) is 28.9 Å². The number of likely N-dealkylation sites (tertiary alicyclic amines) is 2. The van der Waals surface area contributed by atoms with Crippen LogP contribution in [0.25, 0.3) is 0 Å². The van der Waals surface area contributed by atoms with E-state index >= 15 is 0 Å². The van der Waals surface area contributed by atoms with Crippen LogP contribution in [0.4, 0.5) is 0 Å². The summed E-state index contributed by atoms with van der Waals surface area (Å²) in [5.74, 6) is -7.03. The third-order valence-electron chi connectivity index (χ3n) is 14.5. The predicted molar refractivity (Wildman–Crippen MR) is 310 cm³/mol. The molecule has 16 N–H and O–H groups in total. The van der Waals surface area contributed by atoms with E-state index in [0.717, 1.165) is 6.42 Å². The zero-order valence-corrected chi connectivity index (χ0v) is 48.4. The number of unbranched alkanes of at least 4 members (excludes halogenated alkanes) is 3. The van der Waals surface area contributed by atoms with E-state index < -0.39 is 127 Å². The molecule has 2 aliphatic heterocycles. The van der Waals surface area contributed by atoms with Crippen molar-refractivity contribution in [3.63, 3.8) is 0 Å². The summed E-state index contributed by atoms with van der Waals surface area (Å²) in [6, 6.07) is 9.39. The Labute approximate surface area is 486 Å². The molecule has 0 saturated carbocycles. The van der Waals surface area contributed by atoms with Crippen molar-refractivity contribution in [3.05, 3.63) is 71.8 Å². The Morgan fingerprint density at radius 1 is 0.518 bits per heavy atom. The third kappa shape index (κ3) is 23.3. The van der Waals surface area contributed by atoms with E-state index in [0.29, 0.717) is 95.0 Å². The van der Waals surface area contributed by atoms with E-state index in [1.54, 1.807) is 60.7 Å². The molecule has 0 spiro atoms. The van der Waals surface area contributed by atoms with Gasteiger partial charge in [0.05, 0.1) is 25.7 Å². The molecule has 25 nitrogen and oxygen atoms in total. The van der Waals surface area contributed by atoms with Gasteiger partial charge in [-0.25, -0.2) is 0 Å². The van der Waals surface area contributed by atoms with Gasteiger partial charge in [0.15, 0.2) is 0 Å². The molecule has 83 heavy (non-hydrogen) atoms. The molecule has 2 aromatic rings. The van der Waals surface area contributed by atoms with E-state index in [9.17, 15) is 52.7 Å². The molecule has 25 heteroatoms. The number of nitrogens with one attached hydrogen (secondary N) is 8. The maximum absolute atomic E-state index is 14.2. The van der Waals surface area contributed by atoms with Crippen molar-refractivity contribution >= 4 is 65.0 Å². The molecule has 2 saturated heterocycles. The quantitative estimate of drug-likeness (QED) is 0.0347. The predicted octanol–water partition coefficient (Wildman–Crippen LogP) is -1.47. The average molecular weight is 1160 g/mol. The molecule has 458 valence electrons. The van der Waals surface area contributed by atoms with Gasteiger partial charge >= 0.3 is 0 Å². The molecule has 0 bridgehead atoms. The molecule has 2 fully saturated rings. The molecule has 8 atom stereocenters. The Kier molecular flexibility index (Phi) is 29.6. The fourth-order valence-electron chi connectivity index (χ4n) is 10.0. The van der Waals surface area contributed by atoms with E-state index in [-0.39, 0.29) is 50.5 Å². The largest absolute Gasteiger partial charge is 0.368 e. The number of primary amides is 1. The van der Waals surface area contributed by atoms with Gasteiger partial charge in [-0.05, 0) is 101 Å². The number of rotatable bonds is 36. The lowest BCUT2D eigenvalue weighted by atomic mass is 10.0. The normalized spacial score (nSPS) is 17.0. The summed E-state index contributed by atoms with van der Waals surface area (Å²) >= 11 is 0. The SMILES string of the molecule is CCCC[C@H](NC(=O)[C@H](CC(C)C)NC(=O)CNC(=O)[C@H](Cc1ccccc1)NC(=O)[C@H](Cc1ccccc1)NC(=O)CNC(=O)CNC(=O)[C@@H]1CCCN1C(=O)[C@H](CCCCN)NC(=O)[C@@H]1CCCN1C(=O)[C@@H](N)CCCCN)C(N)=O. The summed E-state index contributed by atoms with van der Waals surface area (Å²) in [4.78, 5) is 151. The van der Waals surface area contributed by atoms with Crippen LogP contribution in [0.15, 0.2) is 60.7 Å². The van der Waals surface area contributed by atoms with Crippen LogP contribution in [-0.2, 0) is 65.6 Å². The zero-order valence-electron chi connectivity index (χ0n) is 48.4. The van der Waals surface area contributed by atoms with E-state index in [2.05, 4.69) is 42.5 Å². The van der Waals surface area contributed by atoms with Crippen LogP contribution in [-0.4, -0.2) is 169 Å². The highest BCUT2D eigenvalue weighted by Gasteiger charge is 2.41. The molecular weight excluding hydrogens is 1070 g/mol. The number of amides is 11. The lowest BCUT2D eigenvalue weighted by Crippen LogP contribution is -2.57. The first kappa shape index (κ1) is 68.0. The molecule has 4 rings (SSSR count). The van der Waals surface area contributed by atoms with Crippen LogP contribution in [0.1, 0.15) is 122 Å². The summed E-state index contributed by atoms with van der Waals surface area (Å²) < 4.78 is 0. The molecule has 0 radical (unpaired) electrons. The number of carbonyl (C=O) groups excluding carboxylic acids is 11. The first-order chi connectivity index (χ1) is 39.8. The fourth-order valence-corrected chi connectivity index (χ4v) is 10.0. The lowest BCUT2D eigenvalue weighted by molar-refractivity contribution is -0.144. The minimum Gasteiger partial charge on any atom is -0.368 e. The summed E-state index contributed by atoms with van der Waals surface area (Å²) in [6.45, 7) is 5.28. The number of carbonyl (C=O) groups is 11. The topological polar surface area (TPSA) is 395 Å². The Bertz CT molecular complexity index is 2470. The van der Waals surface area contributed by atoms with Crippen LogP contribution < -0.4 is 65.5 Å². The standard InChI is InChI=1S/C58H90N14O11/c1-4-5-23-41(51(62)76)68-53(78)43(31-37(2)3)66-50(75)36-64-52(77)44(32-38-18-8-6-9-19-38)70-54(79)45(33-39-20-10-7-11-21-39)67-49(74)35-63-48(73)34-65-55(80)46-25-16-30-72(46)58(83)42(24-13-15-28-60)69-56(81)47-26-17-29-71(47)57(82)40(61)22-12-14-27-59/h6-11,18-21,37,40-47H,4-5,12-17,22-36,59-61H2,1-3H3,(H2,62,76)(H,63,73)(H,64,77)(H,65,80)(H,66,75)(H,67,74)(H,68,78)(H,69,81)(H,70,79)/t40-,41-,42-,43-,44-,45-,46-,47-/m0/s1. The number of hydrogen-bond donors (Lipinski definition) is 12. The average Bonchev–Trinajstić information content (AvgIpc) is 4.36. The van der Waals surface area contributed by atoms with Gasteiger partial charge in [0.2, 0.25) is 65.0 Å². The second-order valence-electron chi connectivity index (χ2n) is 21.7. The molecule has 11 amide bonds. The number of benzene rings is 2. The van der Waals surface area contributed by atoms with Gasteiger partial charge in [0.1, 0.15) is 42.3 Å². The Morgan fingerprint density at radius 2 is 1.00 bits per heavy atom. The highest BCUT2D eigenvalue weighted by atomic mass is 16.2. The second-order valence-corrected chi connectivity index (χ2v) is 21.7. The zero-order chi connectivity index (χ0) is 60.8. The van der Waals surface area contributed by atoms with E-state index in [4.69, 9.17) is 22.9 Å². The Balaban J connectivity index is 1.37. The van der Waals surface area contributed by atoms with Crippen molar-refractivity contribution in [2.45, 2.75) is 172 Å². The van der Waals surface area contributed by atoms with Crippen molar-refractivity contribution in [2.75, 3.05) is 45.8 Å².